The molecule has 0 fully saturated rings. The highest BCUT2D eigenvalue weighted by Gasteiger charge is 2.36. The molecule has 3 aromatic rings. The van der Waals surface area contributed by atoms with E-state index in [0.717, 1.165) is 11.1 Å². The number of esters is 2. The fraction of sp³-hybridized carbons (Fsp3) is 0.318. The molecule has 28 heavy (non-hydrogen) atoms. The quantitative estimate of drug-likeness (QED) is 0.529. The molecule has 0 saturated heterocycles. The highest BCUT2D eigenvalue weighted by molar-refractivity contribution is 6.23. The molecular weight excluding hydrogens is 358 g/mol. The molecule has 0 spiro atoms. The van der Waals surface area contributed by atoms with E-state index in [1.807, 2.05) is 18.2 Å². The third-order valence-corrected chi connectivity index (χ3v) is 5.02. The molecule has 0 unspecified atom stereocenters. The Morgan fingerprint density at radius 2 is 1.57 bits per heavy atom. The van der Waals surface area contributed by atoms with Crippen molar-refractivity contribution in [2.24, 2.45) is 5.41 Å². The van der Waals surface area contributed by atoms with Crippen LogP contribution in [0, 0.1) is 5.41 Å². The number of aromatic amines is 1. The number of ketones is 1. The summed E-state index contributed by atoms with van der Waals surface area (Å²) in [6, 6.07) is 7.34. The first-order chi connectivity index (χ1) is 13.2. The van der Waals surface area contributed by atoms with E-state index in [9.17, 15) is 14.4 Å². The van der Waals surface area contributed by atoms with E-state index in [0.29, 0.717) is 34.7 Å². The zero-order valence-electron chi connectivity index (χ0n) is 16.3. The van der Waals surface area contributed by atoms with Gasteiger partial charge in [0.2, 0.25) is 0 Å². The number of ether oxygens (including phenoxy) is 2. The van der Waals surface area contributed by atoms with Gasteiger partial charge in [-0.1, -0.05) is 38.1 Å². The van der Waals surface area contributed by atoms with Gasteiger partial charge in [-0.15, -0.1) is 0 Å². The molecule has 1 aliphatic rings. The van der Waals surface area contributed by atoms with Gasteiger partial charge in [0.1, 0.15) is 0 Å². The Hall–Kier alpha value is -3.15. The number of hydrogen-bond donors (Lipinski definition) is 1. The summed E-state index contributed by atoms with van der Waals surface area (Å²) in [7, 11) is 0. The minimum Gasteiger partial charge on any atom is -0.422 e. The van der Waals surface area contributed by atoms with Crippen molar-refractivity contribution in [1.29, 1.82) is 0 Å². The number of H-pyrrole nitrogens is 1. The lowest BCUT2D eigenvalue weighted by atomic mass is 9.75. The molecule has 4 rings (SSSR count). The zero-order chi connectivity index (χ0) is 20.2. The number of hydrogen-bond acceptors (Lipinski definition) is 5. The van der Waals surface area contributed by atoms with Crippen molar-refractivity contribution in [1.82, 2.24) is 4.98 Å². The minimum absolute atomic E-state index is 0.0525. The molecule has 0 aliphatic heterocycles. The lowest BCUT2D eigenvalue weighted by Gasteiger charge is -2.28. The Kier molecular flexibility index (Phi) is 4.03. The summed E-state index contributed by atoms with van der Waals surface area (Å²) >= 11 is 0. The Morgan fingerprint density at radius 1 is 0.964 bits per heavy atom. The average molecular weight is 379 g/mol. The summed E-state index contributed by atoms with van der Waals surface area (Å²) < 4.78 is 10.9. The molecule has 1 heterocycles. The third-order valence-electron chi connectivity index (χ3n) is 5.02. The maximum atomic E-state index is 13.0. The van der Waals surface area contributed by atoms with Gasteiger partial charge in [-0.05, 0) is 17.2 Å². The van der Waals surface area contributed by atoms with Crippen molar-refractivity contribution in [2.45, 2.75) is 40.5 Å². The standard InChI is InChI=1S/C22H21NO5/c1-11(24)27-20-14-8-6-5-7-13(14)17-18-15(9-22(3,4)10-16(18)26)23-19(17)21(20)28-12(2)25/h5-8,23H,9-10H2,1-4H3. The van der Waals surface area contributed by atoms with E-state index in [2.05, 4.69) is 18.8 Å². The number of fused-ring (bicyclic) bond motifs is 5. The molecule has 1 N–H and O–H groups in total. The molecule has 0 bridgehead atoms. The number of rotatable bonds is 2. The van der Waals surface area contributed by atoms with Gasteiger partial charge in [-0.2, -0.15) is 0 Å². The molecule has 144 valence electrons. The van der Waals surface area contributed by atoms with Crippen LogP contribution in [0.3, 0.4) is 0 Å². The van der Waals surface area contributed by atoms with Crippen molar-refractivity contribution in [2.75, 3.05) is 0 Å². The first-order valence-electron chi connectivity index (χ1n) is 9.17. The van der Waals surface area contributed by atoms with Crippen LogP contribution in [-0.4, -0.2) is 22.7 Å². The molecule has 6 nitrogen and oxygen atoms in total. The van der Waals surface area contributed by atoms with E-state index in [-0.39, 0.29) is 22.7 Å². The van der Waals surface area contributed by atoms with Gasteiger partial charge < -0.3 is 14.5 Å². The monoisotopic (exact) mass is 379 g/mol. The highest BCUT2D eigenvalue weighted by atomic mass is 16.6. The number of Topliss-reactive ketones (excluding diaryl/α,β-unsaturated/α-hetero) is 1. The zero-order valence-corrected chi connectivity index (χ0v) is 16.3. The predicted molar refractivity (Wildman–Crippen MR) is 105 cm³/mol. The molecule has 1 aliphatic carbocycles. The molecule has 6 heteroatoms. The summed E-state index contributed by atoms with van der Waals surface area (Å²) in [4.78, 5) is 39.8. The van der Waals surface area contributed by atoms with Crippen LogP contribution < -0.4 is 9.47 Å². The van der Waals surface area contributed by atoms with Crippen LogP contribution >= 0.6 is 0 Å². The van der Waals surface area contributed by atoms with E-state index < -0.39 is 11.9 Å². The van der Waals surface area contributed by atoms with Gasteiger partial charge in [-0.3, -0.25) is 14.4 Å². The molecule has 0 amide bonds. The molecule has 0 saturated carbocycles. The van der Waals surface area contributed by atoms with Crippen LogP contribution in [0.5, 0.6) is 11.5 Å². The van der Waals surface area contributed by atoms with E-state index >= 15 is 0 Å². The molecule has 1 aromatic heterocycles. The Bertz CT molecular complexity index is 1170. The maximum absolute atomic E-state index is 13.0. The van der Waals surface area contributed by atoms with Crippen LogP contribution in [0.15, 0.2) is 24.3 Å². The summed E-state index contributed by atoms with van der Waals surface area (Å²) in [6.07, 6.45) is 1.13. The van der Waals surface area contributed by atoms with Crippen LogP contribution in [0.25, 0.3) is 21.7 Å². The first-order valence-corrected chi connectivity index (χ1v) is 9.17. The van der Waals surface area contributed by atoms with Crippen molar-refractivity contribution in [3.63, 3.8) is 0 Å². The van der Waals surface area contributed by atoms with Crippen molar-refractivity contribution >= 4 is 39.4 Å². The fourth-order valence-electron chi connectivity index (χ4n) is 4.12. The lowest BCUT2D eigenvalue weighted by molar-refractivity contribution is -0.134. The second-order valence-electron chi connectivity index (χ2n) is 8.06. The van der Waals surface area contributed by atoms with Gasteiger partial charge in [0.15, 0.2) is 17.3 Å². The predicted octanol–water partition coefficient (Wildman–Crippen LogP) is 4.33. The summed E-state index contributed by atoms with van der Waals surface area (Å²) in [5.41, 5.74) is 1.78. The SMILES string of the molecule is CC(=O)Oc1c(OC(C)=O)c2[nH]c3c(c2c2ccccc12)C(=O)CC(C)(C)C3. The van der Waals surface area contributed by atoms with Crippen molar-refractivity contribution in [3.8, 4) is 11.5 Å². The van der Waals surface area contributed by atoms with Crippen LogP contribution in [-0.2, 0) is 16.0 Å². The second kappa shape index (κ2) is 6.19. The number of aromatic nitrogens is 1. The topological polar surface area (TPSA) is 85.5 Å². The number of benzene rings is 2. The average Bonchev–Trinajstić information content (AvgIpc) is 2.95. The van der Waals surface area contributed by atoms with Gasteiger partial charge in [0.05, 0.1) is 5.52 Å². The molecule has 2 aromatic carbocycles. The molecule has 0 atom stereocenters. The van der Waals surface area contributed by atoms with Gasteiger partial charge in [0.25, 0.3) is 0 Å². The Morgan fingerprint density at radius 3 is 2.21 bits per heavy atom. The van der Waals surface area contributed by atoms with E-state index in [4.69, 9.17) is 9.47 Å². The number of carbonyl (C=O) groups is 3. The highest BCUT2D eigenvalue weighted by Crippen LogP contribution is 2.48. The summed E-state index contributed by atoms with van der Waals surface area (Å²) in [6.45, 7) is 6.68. The Balaban J connectivity index is 2.17. The molecular formula is C22H21NO5. The fourth-order valence-corrected chi connectivity index (χ4v) is 4.12. The van der Waals surface area contributed by atoms with Crippen molar-refractivity contribution in [3.05, 3.63) is 35.5 Å². The van der Waals surface area contributed by atoms with E-state index in [1.54, 1.807) is 6.07 Å². The number of nitrogens with one attached hydrogen (secondary N) is 1. The largest absolute Gasteiger partial charge is 0.422 e. The maximum Gasteiger partial charge on any atom is 0.308 e. The van der Waals surface area contributed by atoms with Gasteiger partial charge in [0, 0.05) is 42.3 Å². The normalized spacial score (nSPS) is 15.5. The van der Waals surface area contributed by atoms with Gasteiger partial charge in [-0.25, -0.2) is 0 Å². The summed E-state index contributed by atoms with van der Waals surface area (Å²) in [5.74, 6) is -0.695. The van der Waals surface area contributed by atoms with Crippen molar-refractivity contribution < 1.29 is 23.9 Å². The smallest absolute Gasteiger partial charge is 0.308 e. The van der Waals surface area contributed by atoms with Gasteiger partial charge >= 0.3 is 11.9 Å². The lowest BCUT2D eigenvalue weighted by Crippen LogP contribution is -2.26. The second-order valence-corrected chi connectivity index (χ2v) is 8.06. The van der Waals surface area contributed by atoms with Crippen LogP contribution in [0.4, 0.5) is 0 Å². The van der Waals surface area contributed by atoms with E-state index in [1.165, 1.54) is 13.8 Å². The Labute approximate surface area is 161 Å². The summed E-state index contributed by atoms with van der Waals surface area (Å²) in [5, 5.41) is 2.09. The van der Waals surface area contributed by atoms with Crippen LogP contribution in [0.2, 0.25) is 0 Å². The first kappa shape index (κ1) is 18.2. The third kappa shape index (κ3) is 2.85. The molecule has 0 radical (unpaired) electrons. The number of carbonyl (C=O) groups excluding carboxylic acids is 3. The minimum atomic E-state index is -0.538. The van der Waals surface area contributed by atoms with Crippen LogP contribution in [0.1, 0.15) is 50.2 Å².